The van der Waals surface area contributed by atoms with E-state index >= 15 is 0 Å². The van der Waals surface area contributed by atoms with Crippen LogP contribution in [0.2, 0.25) is 5.02 Å². The molecule has 0 spiro atoms. The molecule has 5 nitrogen and oxygen atoms in total. The Labute approximate surface area is 116 Å². The number of aliphatic hydroxyl groups is 1. The van der Waals surface area contributed by atoms with Crippen molar-refractivity contribution in [2.45, 2.75) is 0 Å². The number of ether oxygens (including phenoxy) is 2. The Bertz CT molecular complexity index is 474. The third-order valence-corrected chi connectivity index (χ3v) is 2.57. The maximum atomic E-state index is 11.3. The Morgan fingerprint density at radius 2 is 2.16 bits per heavy atom. The fraction of sp³-hybridized carbons (Fsp3) is 0.308. The van der Waals surface area contributed by atoms with Gasteiger partial charge in [0.2, 0.25) is 5.91 Å². The summed E-state index contributed by atoms with van der Waals surface area (Å²) in [5.74, 6) is 0.649. The van der Waals surface area contributed by atoms with Crippen LogP contribution in [-0.4, -0.2) is 38.4 Å². The molecule has 0 aliphatic heterocycles. The number of carbonyl (C=O) groups is 1. The van der Waals surface area contributed by atoms with E-state index in [9.17, 15) is 4.79 Å². The van der Waals surface area contributed by atoms with Gasteiger partial charge in [-0.15, -0.1) is 0 Å². The summed E-state index contributed by atoms with van der Waals surface area (Å²) in [6.07, 6.45) is 2.95. The SMILES string of the molecule is COc1cc(/C=C/C(=O)NCCO)cc(Cl)c1OC. The molecular weight excluding hydrogens is 270 g/mol. The van der Waals surface area contributed by atoms with Crippen molar-refractivity contribution in [1.82, 2.24) is 5.32 Å². The summed E-state index contributed by atoms with van der Waals surface area (Å²) in [7, 11) is 3.01. The predicted molar refractivity (Wildman–Crippen MR) is 73.7 cm³/mol. The first kappa shape index (κ1) is 15.3. The minimum absolute atomic E-state index is 0.0955. The van der Waals surface area contributed by atoms with E-state index in [1.807, 2.05) is 0 Å². The maximum absolute atomic E-state index is 11.3. The highest BCUT2D eigenvalue weighted by molar-refractivity contribution is 6.32. The number of halogens is 1. The van der Waals surface area contributed by atoms with Gasteiger partial charge in [0.15, 0.2) is 11.5 Å². The molecule has 1 aromatic carbocycles. The highest BCUT2D eigenvalue weighted by Crippen LogP contribution is 2.36. The third kappa shape index (κ3) is 4.46. The molecule has 0 heterocycles. The van der Waals surface area contributed by atoms with E-state index in [1.54, 1.807) is 18.2 Å². The van der Waals surface area contributed by atoms with Gasteiger partial charge in [-0.25, -0.2) is 0 Å². The molecule has 0 unspecified atom stereocenters. The normalized spacial score (nSPS) is 10.5. The van der Waals surface area contributed by atoms with Crippen LogP contribution in [0, 0.1) is 0 Å². The van der Waals surface area contributed by atoms with E-state index in [0.29, 0.717) is 22.1 Å². The third-order valence-electron chi connectivity index (χ3n) is 2.29. The molecule has 1 amide bonds. The van der Waals surface area contributed by atoms with E-state index in [0.717, 1.165) is 0 Å². The summed E-state index contributed by atoms with van der Waals surface area (Å²) < 4.78 is 10.3. The lowest BCUT2D eigenvalue weighted by Gasteiger charge is -2.10. The van der Waals surface area contributed by atoms with E-state index in [2.05, 4.69) is 5.32 Å². The second-order valence-corrected chi connectivity index (χ2v) is 3.99. The minimum atomic E-state index is -0.292. The number of carbonyl (C=O) groups excluding carboxylic acids is 1. The molecule has 6 heteroatoms. The number of methoxy groups -OCH3 is 2. The van der Waals surface area contributed by atoms with Gasteiger partial charge in [0, 0.05) is 12.6 Å². The summed E-state index contributed by atoms with van der Waals surface area (Å²) in [4.78, 5) is 11.3. The Hall–Kier alpha value is -1.72. The zero-order chi connectivity index (χ0) is 14.3. The van der Waals surface area contributed by atoms with Crippen molar-refractivity contribution >= 4 is 23.6 Å². The summed E-state index contributed by atoms with van der Waals surface area (Å²) in [5, 5.41) is 11.5. The Morgan fingerprint density at radius 1 is 1.42 bits per heavy atom. The Morgan fingerprint density at radius 3 is 2.74 bits per heavy atom. The maximum Gasteiger partial charge on any atom is 0.244 e. The molecule has 1 rings (SSSR count). The number of nitrogens with one attached hydrogen (secondary N) is 1. The van der Waals surface area contributed by atoms with E-state index in [-0.39, 0.29) is 19.1 Å². The molecule has 0 aromatic heterocycles. The van der Waals surface area contributed by atoms with Crippen molar-refractivity contribution in [2.24, 2.45) is 0 Å². The molecular formula is C13H16ClNO4. The smallest absolute Gasteiger partial charge is 0.244 e. The number of amides is 1. The number of hydrogen-bond acceptors (Lipinski definition) is 4. The number of rotatable bonds is 6. The first-order chi connectivity index (χ1) is 9.12. The quantitative estimate of drug-likeness (QED) is 0.777. The summed E-state index contributed by atoms with van der Waals surface area (Å²) in [5.41, 5.74) is 0.710. The van der Waals surface area contributed by atoms with Crippen molar-refractivity contribution < 1.29 is 19.4 Å². The molecule has 0 radical (unpaired) electrons. The second kappa shape index (κ2) is 7.66. The van der Waals surface area contributed by atoms with Gasteiger partial charge in [0.1, 0.15) is 0 Å². The monoisotopic (exact) mass is 285 g/mol. The number of aliphatic hydroxyl groups excluding tert-OH is 1. The van der Waals surface area contributed by atoms with Crippen LogP contribution >= 0.6 is 11.6 Å². The molecule has 2 N–H and O–H groups in total. The average molecular weight is 286 g/mol. The van der Waals surface area contributed by atoms with Crippen LogP contribution < -0.4 is 14.8 Å². The van der Waals surface area contributed by atoms with Gasteiger partial charge >= 0.3 is 0 Å². The van der Waals surface area contributed by atoms with Crippen LogP contribution in [0.1, 0.15) is 5.56 Å². The second-order valence-electron chi connectivity index (χ2n) is 3.59. The average Bonchev–Trinajstić information content (AvgIpc) is 2.42. The van der Waals surface area contributed by atoms with Crippen molar-refractivity contribution in [2.75, 3.05) is 27.4 Å². The van der Waals surface area contributed by atoms with Crippen molar-refractivity contribution in [3.8, 4) is 11.5 Å². The zero-order valence-corrected chi connectivity index (χ0v) is 11.5. The van der Waals surface area contributed by atoms with Gasteiger partial charge in [-0.2, -0.15) is 0 Å². The molecule has 0 bridgehead atoms. The van der Waals surface area contributed by atoms with Gasteiger partial charge in [-0.05, 0) is 23.8 Å². The topological polar surface area (TPSA) is 67.8 Å². The van der Waals surface area contributed by atoms with Gasteiger partial charge in [0.25, 0.3) is 0 Å². The molecule has 19 heavy (non-hydrogen) atoms. The lowest BCUT2D eigenvalue weighted by atomic mass is 10.2. The van der Waals surface area contributed by atoms with Crippen molar-refractivity contribution in [1.29, 1.82) is 0 Å². The van der Waals surface area contributed by atoms with Gasteiger partial charge < -0.3 is 19.9 Å². The fourth-order valence-corrected chi connectivity index (χ4v) is 1.74. The van der Waals surface area contributed by atoms with E-state index in [4.69, 9.17) is 26.2 Å². The Kier molecular flexibility index (Phi) is 6.18. The first-order valence-corrected chi connectivity index (χ1v) is 5.98. The minimum Gasteiger partial charge on any atom is -0.493 e. The lowest BCUT2D eigenvalue weighted by Crippen LogP contribution is -2.24. The van der Waals surface area contributed by atoms with E-state index in [1.165, 1.54) is 20.3 Å². The standard InChI is InChI=1S/C13H16ClNO4/c1-18-11-8-9(7-10(14)13(11)19-2)3-4-12(17)15-5-6-16/h3-4,7-8,16H,5-6H2,1-2H3,(H,15,17)/b4-3+. The lowest BCUT2D eigenvalue weighted by molar-refractivity contribution is -0.116. The highest BCUT2D eigenvalue weighted by Gasteiger charge is 2.09. The molecule has 0 aliphatic carbocycles. The summed E-state index contributed by atoms with van der Waals surface area (Å²) >= 11 is 6.04. The van der Waals surface area contributed by atoms with Crippen LogP contribution in [0.3, 0.4) is 0 Å². The molecule has 0 aliphatic rings. The van der Waals surface area contributed by atoms with Gasteiger partial charge in [-0.3, -0.25) is 4.79 Å². The number of hydrogen-bond donors (Lipinski definition) is 2. The fourth-order valence-electron chi connectivity index (χ4n) is 1.44. The molecule has 0 fully saturated rings. The first-order valence-electron chi connectivity index (χ1n) is 5.60. The molecule has 0 saturated heterocycles. The van der Waals surface area contributed by atoms with Crippen LogP contribution in [-0.2, 0) is 4.79 Å². The zero-order valence-electron chi connectivity index (χ0n) is 10.8. The summed E-state index contributed by atoms with van der Waals surface area (Å²) in [6.45, 7) is 0.123. The van der Waals surface area contributed by atoms with Gasteiger partial charge in [-0.1, -0.05) is 11.6 Å². The largest absolute Gasteiger partial charge is 0.493 e. The van der Waals surface area contributed by atoms with Crippen LogP contribution in [0.25, 0.3) is 6.08 Å². The van der Waals surface area contributed by atoms with Crippen LogP contribution in [0.15, 0.2) is 18.2 Å². The highest BCUT2D eigenvalue weighted by atomic mass is 35.5. The predicted octanol–water partition coefficient (Wildman–Crippen LogP) is 1.48. The van der Waals surface area contributed by atoms with Gasteiger partial charge in [0.05, 0.1) is 25.8 Å². The molecule has 1 aromatic rings. The number of benzene rings is 1. The molecule has 104 valence electrons. The molecule has 0 atom stereocenters. The van der Waals surface area contributed by atoms with Crippen molar-refractivity contribution in [3.63, 3.8) is 0 Å². The summed E-state index contributed by atoms with van der Waals surface area (Å²) in [6, 6.07) is 3.37. The van der Waals surface area contributed by atoms with Crippen molar-refractivity contribution in [3.05, 3.63) is 28.8 Å². The van der Waals surface area contributed by atoms with Crippen LogP contribution in [0.5, 0.6) is 11.5 Å². The van der Waals surface area contributed by atoms with Crippen LogP contribution in [0.4, 0.5) is 0 Å². The molecule has 0 saturated carbocycles. The Balaban J connectivity index is 2.87. The van der Waals surface area contributed by atoms with E-state index < -0.39 is 0 Å².